The number of rotatable bonds is 6. The SMILES string of the molecule is CC(C)CCN=C(N)NC(N)=NCCC(C)C. The van der Waals surface area contributed by atoms with Gasteiger partial charge >= 0.3 is 0 Å². The first-order valence-electron chi connectivity index (χ1n) is 6.28. The average molecular weight is 241 g/mol. The lowest BCUT2D eigenvalue weighted by molar-refractivity contribution is 0.595. The lowest BCUT2D eigenvalue weighted by Gasteiger charge is -2.06. The van der Waals surface area contributed by atoms with Crippen LogP contribution in [0.2, 0.25) is 0 Å². The van der Waals surface area contributed by atoms with E-state index in [1.807, 2.05) is 0 Å². The van der Waals surface area contributed by atoms with Gasteiger partial charge in [0.15, 0.2) is 11.9 Å². The third-order valence-electron chi connectivity index (χ3n) is 2.23. The number of hydrogen-bond acceptors (Lipinski definition) is 2. The standard InChI is InChI=1S/C12H27N5/c1-9(2)5-7-15-11(13)17-12(14)16-8-6-10(3)4/h9-10H,5-8H2,1-4H3,(H5,13,14,15,16,17). The van der Waals surface area contributed by atoms with Gasteiger partial charge in [0.2, 0.25) is 0 Å². The number of nitrogens with two attached hydrogens (primary N) is 2. The Labute approximate surface area is 105 Å². The van der Waals surface area contributed by atoms with Crippen LogP contribution in [-0.2, 0) is 0 Å². The summed E-state index contributed by atoms with van der Waals surface area (Å²) in [5.74, 6) is 1.94. The lowest BCUT2D eigenvalue weighted by Crippen LogP contribution is -2.41. The zero-order valence-corrected chi connectivity index (χ0v) is 11.5. The molecule has 0 spiro atoms. The monoisotopic (exact) mass is 241 g/mol. The molecule has 0 unspecified atom stereocenters. The maximum absolute atomic E-state index is 5.67. The second-order valence-corrected chi connectivity index (χ2v) is 5.02. The number of hydrogen-bond donors (Lipinski definition) is 3. The highest BCUT2D eigenvalue weighted by Crippen LogP contribution is 1.98. The van der Waals surface area contributed by atoms with E-state index in [4.69, 9.17) is 11.5 Å². The molecule has 0 atom stereocenters. The molecule has 0 bridgehead atoms. The minimum atomic E-state index is 0.344. The molecule has 0 amide bonds. The molecule has 100 valence electrons. The average Bonchev–Trinajstić information content (AvgIpc) is 2.15. The minimum absolute atomic E-state index is 0.344. The van der Waals surface area contributed by atoms with Gasteiger partial charge in [0.25, 0.3) is 0 Å². The van der Waals surface area contributed by atoms with Gasteiger partial charge in [0, 0.05) is 13.1 Å². The highest BCUT2D eigenvalue weighted by molar-refractivity contribution is 5.96. The Kier molecular flexibility index (Phi) is 8.19. The molecule has 0 aliphatic heterocycles. The van der Waals surface area contributed by atoms with Crippen molar-refractivity contribution in [1.82, 2.24) is 5.32 Å². The van der Waals surface area contributed by atoms with Crippen LogP contribution in [0.15, 0.2) is 9.98 Å². The van der Waals surface area contributed by atoms with Gasteiger partial charge < -0.3 is 11.5 Å². The largest absolute Gasteiger partial charge is 0.370 e. The number of nitrogens with zero attached hydrogens (tertiary/aromatic N) is 2. The van der Waals surface area contributed by atoms with Gasteiger partial charge in [0.1, 0.15) is 0 Å². The molecule has 5 nitrogen and oxygen atoms in total. The van der Waals surface area contributed by atoms with E-state index >= 15 is 0 Å². The van der Waals surface area contributed by atoms with Gasteiger partial charge in [-0.25, -0.2) is 0 Å². The Bertz CT molecular complexity index is 230. The van der Waals surface area contributed by atoms with E-state index in [9.17, 15) is 0 Å². The van der Waals surface area contributed by atoms with Crippen LogP contribution in [0.5, 0.6) is 0 Å². The number of guanidine groups is 2. The molecular weight excluding hydrogens is 214 g/mol. The third kappa shape index (κ3) is 11.0. The van der Waals surface area contributed by atoms with Gasteiger partial charge in [-0.3, -0.25) is 15.3 Å². The number of nitrogens with one attached hydrogen (secondary N) is 1. The van der Waals surface area contributed by atoms with Crippen LogP contribution in [0.1, 0.15) is 40.5 Å². The molecule has 0 aromatic carbocycles. The van der Waals surface area contributed by atoms with Crippen molar-refractivity contribution in [3.63, 3.8) is 0 Å². The summed E-state index contributed by atoms with van der Waals surface area (Å²) in [6.45, 7) is 10.1. The fraction of sp³-hybridized carbons (Fsp3) is 0.833. The molecule has 0 fully saturated rings. The summed E-state index contributed by atoms with van der Waals surface area (Å²) in [5.41, 5.74) is 11.3. The second-order valence-electron chi connectivity index (χ2n) is 5.02. The zero-order valence-electron chi connectivity index (χ0n) is 11.5. The molecule has 5 N–H and O–H groups in total. The molecule has 0 saturated carbocycles. The van der Waals surface area contributed by atoms with Crippen molar-refractivity contribution in [3.8, 4) is 0 Å². The normalized spacial score (nSPS) is 13.5. The predicted octanol–water partition coefficient (Wildman–Crippen LogP) is 1.30. The first kappa shape index (κ1) is 15.7. The van der Waals surface area contributed by atoms with Crippen molar-refractivity contribution in [2.45, 2.75) is 40.5 Å². The highest BCUT2D eigenvalue weighted by atomic mass is 15.2. The van der Waals surface area contributed by atoms with Gasteiger partial charge in [-0.2, -0.15) is 0 Å². The highest BCUT2D eigenvalue weighted by Gasteiger charge is 1.97. The minimum Gasteiger partial charge on any atom is -0.370 e. The van der Waals surface area contributed by atoms with Gasteiger partial charge in [-0.15, -0.1) is 0 Å². The van der Waals surface area contributed by atoms with Crippen LogP contribution in [0.25, 0.3) is 0 Å². The molecular formula is C12H27N5. The maximum atomic E-state index is 5.67. The van der Waals surface area contributed by atoms with Crippen LogP contribution in [0.3, 0.4) is 0 Å². The van der Waals surface area contributed by atoms with E-state index in [1.54, 1.807) is 0 Å². The molecule has 5 heteroatoms. The molecule has 0 heterocycles. The fourth-order valence-corrected chi connectivity index (χ4v) is 1.10. The van der Waals surface area contributed by atoms with Crippen molar-refractivity contribution < 1.29 is 0 Å². The molecule has 0 radical (unpaired) electrons. The van der Waals surface area contributed by atoms with E-state index in [2.05, 4.69) is 43.0 Å². The van der Waals surface area contributed by atoms with Gasteiger partial charge in [0.05, 0.1) is 0 Å². The van der Waals surface area contributed by atoms with E-state index in [0.717, 1.165) is 25.9 Å². The Balaban J connectivity index is 3.88. The molecule has 0 rings (SSSR count). The van der Waals surface area contributed by atoms with Crippen LogP contribution in [0, 0.1) is 11.8 Å². The Morgan fingerprint density at radius 3 is 1.53 bits per heavy atom. The van der Waals surface area contributed by atoms with E-state index in [-0.39, 0.29) is 0 Å². The van der Waals surface area contributed by atoms with Crippen molar-refractivity contribution in [3.05, 3.63) is 0 Å². The van der Waals surface area contributed by atoms with Crippen LogP contribution in [0.4, 0.5) is 0 Å². The summed E-state index contributed by atoms with van der Waals surface area (Å²) in [6, 6.07) is 0. The molecule has 0 aliphatic rings. The maximum Gasteiger partial charge on any atom is 0.195 e. The van der Waals surface area contributed by atoms with Gasteiger partial charge in [-0.05, 0) is 24.7 Å². The van der Waals surface area contributed by atoms with Gasteiger partial charge in [-0.1, -0.05) is 27.7 Å². The zero-order chi connectivity index (χ0) is 13.3. The topological polar surface area (TPSA) is 88.8 Å². The Hall–Kier alpha value is -1.26. The molecule has 0 saturated heterocycles. The Morgan fingerprint density at radius 1 is 0.882 bits per heavy atom. The van der Waals surface area contributed by atoms with Crippen molar-refractivity contribution in [2.75, 3.05) is 13.1 Å². The smallest absolute Gasteiger partial charge is 0.195 e. The summed E-state index contributed by atoms with van der Waals surface area (Å²) in [7, 11) is 0. The van der Waals surface area contributed by atoms with E-state index < -0.39 is 0 Å². The molecule has 0 aliphatic carbocycles. The predicted molar refractivity (Wildman–Crippen MR) is 75.0 cm³/mol. The first-order chi connectivity index (χ1) is 7.91. The first-order valence-corrected chi connectivity index (χ1v) is 6.28. The van der Waals surface area contributed by atoms with Crippen molar-refractivity contribution in [1.29, 1.82) is 0 Å². The molecule has 0 aromatic rings. The summed E-state index contributed by atoms with van der Waals surface area (Å²) in [4.78, 5) is 8.34. The van der Waals surface area contributed by atoms with Crippen LogP contribution >= 0.6 is 0 Å². The van der Waals surface area contributed by atoms with Crippen LogP contribution in [-0.4, -0.2) is 25.0 Å². The summed E-state index contributed by atoms with van der Waals surface area (Å²) < 4.78 is 0. The van der Waals surface area contributed by atoms with E-state index in [1.165, 1.54) is 0 Å². The molecule has 0 aromatic heterocycles. The second kappa shape index (κ2) is 8.84. The van der Waals surface area contributed by atoms with E-state index in [0.29, 0.717) is 23.8 Å². The number of aliphatic imine (C=N–C) groups is 2. The summed E-state index contributed by atoms with van der Waals surface area (Å²) in [5, 5.41) is 2.78. The van der Waals surface area contributed by atoms with Crippen molar-refractivity contribution in [2.24, 2.45) is 33.3 Å². The quantitative estimate of drug-likeness (QED) is 0.483. The van der Waals surface area contributed by atoms with Crippen molar-refractivity contribution >= 4 is 11.9 Å². The molecule has 17 heavy (non-hydrogen) atoms. The lowest BCUT2D eigenvalue weighted by atomic mass is 10.1. The fourth-order valence-electron chi connectivity index (χ4n) is 1.10. The Morgan fingerprint density at radius 2 is 1.24 bits per heavy atom. The third-order valence-corrected chi connectivity index (χ3v) is 2.23. The summed E-state index contributed by atoms with van der Waals surface area (Å²) >= 11 is 0. The summed E-state index contributed by atoms with van der Waals surface area (Å²) in [6.07, 6.45) is 2.04. The van der Waals surface area contributed by atoms with Crippen LogP contribution < -0.4 is 16.8 Å².